The van der Waals surface area contributed by atoms with Crippen LogP contribution < -0.4 is 21.1 Å². The van der Waals surface area contributed by atoms with E-state index in [9.17, 15) is 0 Å². The van der Waals surface area contributed by atoms with Crippen LogP contribution in [-0.4, -0.2) is 29.1 Å². The number of hydrogen-bond acceptors (Lipinski definition) is 6. The van der Waals surface area contributed by atoms with Gasteiger partial charge in [-0.25, -0.2) is 9.97 Å². The average molecular weight is 361 g/mol. The summed E-state index contributed by atoms with van der Waals surface area (Å²) in [6.45, 7) is 1.70. The molecule has 0 radical (unpaired) electrons. The van der Waals surface area contributed by atoms with Crippen LogP contribution in [0.25, 0.3) is 11.1 Å². The van der Waals surface area contributed by atoms with Gasteiger partial charge in [0.2, 0.25) is 0 Å². The van der Waals surface area contributed by atoms with Gasteiger partial charge >= 0.3 is 0 Å². The Hall–Kier alpha value is -3.12. The standard InChI is InChI=1S/C21H23N5O/c22-16-5-4-12-26(13-16)21-19(20(23)24-14-25-21)15-8-10-18(11-9-15)27-17-6-2-1-3-7-17/h1-3,6-11,14,16H,4-5,12-13,22H2,(H2,23,24,25). The molecule has 1 saturated heterocycles. The van der Waals surface area contributed by atoms with E-state index in [4.69, 9.17) is 16.2 Å². The molecule has 1 aliphatic heterocycles. The van der Waals surface area contributed by atoms with Gasteiger partial charge in [-0.05, 0) is 42.7 Å². The number of anilines is 2. The molecule has 0 spiro atoms. The lowest BCUT2D eigenvalue weighted by Gasteiger charge is -2.33. The second-order valence-electron chi connectivity index (χ2n) is 6.75. The molecular formula is C21H23N5O. The van der Waals surface area contributed by atoms with E-state index in [2.05, 4.69) is 14.9 Å². The third kappa shape index (κ3) is 3.85. The first kappa shape index (κ1) is 17.3. The number of para-hydroxylation sites is 1. The zero-order valence-electron chi connectivity index (χ0n) is 15.1. The molecule has 6 heteroatoms. The van der Waals surface area contributed by atoms with Gasteiger partial charge in [-0.2, -0.15) is 0 Å². The van der Waals surface area contributed by atoms with Crippen molar-refractivity contribution in [3.05, 3.63) is 60.9 Å². The highest BCUT2D eigenvalue weighted by Gasteiger charge is 2.22. The molecule has 0 aliphatic carbocycles. The average Bonchev–Trinajstić information content (AvgIpc) is 2.69. The molecule has 1 aromatic heterocycles. The third-order valence-electron chi connectivity index (χ3n) is 4.74. The first-order valence-electron chi connectivity index (χ1n) is 9.15. The highest BCUT2D eigenvalue weighted by molar-refractivity contribution is 5.84. The third-order valence-corrected chi connectivity index (χ3v) is 4.74. The second-order valence-corrected chi connectivity index (χ2v) is 6.75. The van der Waals surface area contributed by atoms with Crippen molar-refractivity contribution in [2.24, 2.45) is 5.73 Å². The van der Waals surface area contributed by atoms with E-state index < -0.39 is 0 Å². The van der Waals surface area contributed by atoms with E-state index in [-0.39, 0.29) is 6.04 Å². The van der Waals surface area contributed by atoms with Crippen LogP contribution in [-0.2, 0) is 0 Å². The Balaban J connectivity index is 1.63. The van der Waals surface area contributed by atoms with Gasteiger partial charge in [0.25, 0.3) is 0 Å². The number of ether oxygens (including phenoxy) is 1. The molecule has 2 heterocycles. The quantitative estimate of drug-likeness (QED) is 0.740. The van der Waals surface area contributed by atoms with Gasteiger partial charge in [-0.15, -0.1) is 0 Å². The normalized spacial score (nSPS) is 16.9. The summed E-state index contributed by atoms with van der Waals surface area (Å²) in [6.07, 6.45) is 3.60. The molecule has 4 N–H and O–H groups in total. The summed E-state index contributed by atoms with van der Waals surface area (Å²) in [4.78, 5) is 10.9. The number of benzene rings is 2. The zero-order valence-corrected chi connectivity index (χ0v) is 15.1. The van der Waals surface area contributed by atoms with Crippen LogP contribution in [0, 0.1) is 0 Å². The van der Waals surface area contributed by atoms with Crippen molar-refractivity contribution in [1.29, 1.82) is 0 Å². The molecule has 0 bridgehead atoms. The van der Waals surface area contributed by atoms with Crippen LogP contribution in [0.15, 0.2) is 60.9 Å². The smallest absolute Gasteiger partial charge is 0.142 e. The van der Waals surface area contributed by atoms with Crippen LogP contribution in [0.3, 0.4) is 0 Å². The lowest BCUT2D eigenvalue weighted by atomic mass is 10.0. The molecule has 1 fully saturated rings. The molecule has 4 rings (SSSR count). The minimum Gasteiger partial charge on any atom is -0.457 e. The SMILES string of the molecule is Nc1ncnc(N2CCCC(N)C2)c1-c1ccc(Oc2ccccc2)cc1. The Labute approximate surface area is 158 Å². The molecule has 138 valence electrons. The summed E-state index contributed by atoms with van der Waals surface area (Å²) in [7, 11) is 0. The highest BCUT2D eigenvalue weighted by Crippen LogP contribution is 2.35. The molecule has 0 saturated carbocycles. The lowest BCUT2D eigenvalue weighted by molar-refractivity contribution is 0.483. The van der Waals surface area contributed by atoms with E-state index in [1.807, 2.05) is 54.6 Å². The minimum atomic E-state index is 0.157. The van der Waals surface area contributed by atoms with Gasteiger partial charge < -0.3 is 21.1 Å². The van der Waals surface area contributed by atoms with Gasteiger partial charge in [0.15, 0.2) is 0 Å². The van der Waals surface area contributed by atoms with Crippen LogP contribution >= 0.6 is 0 Å². The second kappa shape index (κ2) is 7.63. The molecular weight excluding hydrogens is 338 g/mol. The first-order valence-corrected chi connectivity index (χ1v) is 9.15. The Morgan fingerprint density at radius 1 is 0.963 bits per heavy atom. The Morgan fingerprint density at radius 3 is 2.44 bits per heavy atom. The molecule has 27 heavy (non-hydrogen) atoms. The number of nitrogens with zero attached hydrogens (tertiary/aromatic N) is 3. The van der Waals surface area contributed by atoms with E-state index in [0.717, 1.165) is 54.4 Å². The van der Waals surface area contributed by atoms with Crippen LogP contribution in [0.5, 0.6) is 11.5 Å². The van der Waals surface area contributed by atoms with Crippen molar-refractivity contribution in [1.82, 2.24) is 9.97 Å². The van der Waals surface area contributed by atoms with Crippen molar-refractivity contribution in [2.75, 3.05) is 23.7 Å². The number of piperidine rings is 1. The van der Waals surface area contributed by atoms with Crippen molar-refractivity contribution in [3.63, 3.8) is 0 Å². The van der Waals surface area contributed by atoms with Crippen LogP contribution in [0.4, 0.5) is 11.6 Å². The molecule has 2 aromatic carbocycles. The summed E-state index contributed by atoms with van der Waals surface area (Å²) in [5, 5.41) is 0. The van der Waals surface area contributed by atoms with Crippen LogP contribution in [0.1, 0.15) is 12.8 Å². The zero-order chi connectivity index (χ0) is 18.6. The fraction of sp³-hybridized carbons (Fsp3) is 0.238. The van der Waals surface area contributed by atoms with Crippen LogP contribution in [0.2, 0.25) is 0 Å². The topological polar surface area (TPSA) is 90.3 Å². The van der Waals surface area contributed by atoms with E-state index in [1.54, 1.807) is 0 Å². The Bertz CT molecular complexity index is 898. The van der Waals surface area contributed by atoms with Gasteiger partial charge in [-0.1, -0.05) is 30.3 Å². The van der Waals surface area contributed by atoms with Crippen molar-refractivity contribution >= 4 is 11.6 Å². The van der Waals surface area contributed by atoms with Crippen molar-refractivity contribution < 1.29 is 4.74 Å². The van der Waals surface area contributed by atoms with Gasteiger partial charge in [-0.3, -0.25) is 0 Å². The summed E-state index contributed by atoms with van der Waals surface area (Å²) in [5.74, 6) is 2.88. The summed E-state index contributed by atoms with van der Waals surface area (Å²) in [6, 6.07) is 17.7. The van der Waals surface area contributed by atoms with Gasteiger partial charge in [0.1, 0.15) is 29.5 Å². The Morgan fingerprint density at radius 2 is 1.70 bits per heavy atom. The van der Waals surface area contributed by atoms with Gasteiger partial charge in [0.05, 0.1) is 5.56 Å². The van der Waals surface area contributed by atoms with E-state index in [0.29, 0.717) is 5.82 Å². The molecule has 6 nitrogen and oxygen atoms in total. The fourth-order valence-corrected chi connectivity index (χ4v) is 3.42. The number of rotatable bonds is 4. The summed E-state index contributed by atoms with van der Waals surface area (Å²) < 4.78 is 5.87. The van der Waals surface area contributed by atoms with Gasteiger partial charge in [0, 0.05) is 19.1 Å². The predicted molar refractivity (Wildman–Crippen MR) is 108 cm³/mol. The van der Waals surface area contributed by atoms with E-state index in [1.165, 1.54) is 6.33 Å². The predicted octanol–water partition coefficient (Wildman–Crippen LogP) is 3.45. The molecule has 0 amide bonds. The molecule has 3 aromatic rings. The number of nitrogen functional groups attached to an aromatic ring is 1. The highest BCUT2D eigenvalue weighted by atomic mass is 16.5. The number of hydrogen-bond donors (Lipinski definition) is 2. The minimum absolute atomic E-state index is 0.157. The lowest BCUT2D eigenvalue weighted by Crippen LogP contribution is -2.43. The molecule has 1 aliphatic rings. The molecule has 1 unspecified atom stereocenters. The molecule has 1 atom stereocenters. The number of nitrogens with two attached hydrogens (primary N) is 2. The van der Waals surface area contributed by atoms with Crippen molar-refractivity contribution in [2.45, 2.75) is 18.9 Å². The number of aromatic nitrogens is 2. The summed E-state index contributed by atoms with van der Waals surface area (Å²) >= 11 is 0. The maximum Gasteiger partial charge on any atom is 0.142 e. The largest absolute Gasteiger partial charge is 0.457 e. The maximum absolute atomic E-state index is 6.22. The fourth-order valence-electron chi connectivity index (χ4n) is 3.42. The Kier molecular flexibility index (Phi) is 4.89. The monoisotopic (exact) mass is 361 g/mol. The summed E-state index contributed by atoms with van der Waals surface area (Å²) in [5.41, 5.74) is 14.2. The maximum atomic E-state index is 6.22. The van der Waals surface area contributed by atoms with Crippen molar-refractivity contribution in [3.8, 4) is 22.6 Å². The van der Waals surface area contributed by atoms with E-state index >= 15 is 0 Å². The first-order chi connectivity index (χ1) is 13.2.